The van der Waals surface area contributed by atoms with Crippen molar-refractivity contribution in [1.82, 2.24) is 5.32 Å². The van der Waals surface area contributed by atoms with Crippen molar-refractivity contribution in [2.75, 3.05) is 18.1 Å². The van der Waals surface area contributed by atoms with Crippen molar-refractivity contribution in [3.05, 3.63) is 42.5 Å². The molecule has 6 heteroatoms. The quantitative estimate of drug-likeness (QED) is 0.292. The number of hydrogen-bond donors (Lipinski definition) is 1. The molecule has 1 saturated heterocycles. The lowest BCUT2D eigenvalue weighted by Gasteiger charge is -2.12. The number of nitrogens with zero attached hydrogens (tertiary/aromatic N) is 2. The van der Waals surface area contributed by atoms with Crippen LogP contribution in [-0.2, 0) is 9.63 Å². The number of benzene rings is 1. The van der Waals surface area contributed by atoms with E-state index in [2.05, 4.69) is 17.1 Å². The van der Waals surface area contributed by atoms with E-state index in [0.29, 0.717) is 18.0 Å². The molecule has 1 fully saturated rings. The average molecular weight is 273 g/mol. The van der Waals surface area contributed by atoms with Crippen LogP contribution < -0.4 is 10.2 Å². The van der Waals surface area contributed by atoms with Gasteiger partial charge in [0.05, 0.1) is 17.9 Å². The SMILES string of the molecule is C=CCO/N=C(/C)c1ccc(N2C(=O)CNC2=O)cc1. The van der Waals surface area contributed by atoms with Crippen molar-refractivity contribution in [1.29, 1.82) is 0 Å². The summed E-state index contributed by atoms with van der Waals surface area (Å²) in [4.78, 5) is 29.2. The van der Waals surface area contributed by atoms with E-state index in [9.17, 15) is 9.59 Å². The van der Waals surface area contributed by atoms with Gasteiger partial charge in [0.1, 0.15) is 6.61 Å². The molecule has 1 aliphatic rings. The Morgan fingerprint density at radius 2 is 2.15 bits per heavy atom. The first-order valence-corrected chi connectivity index (χ1v) is 6.12. The fourth-order valence-electron chi connectivity index (χ4n) is 1.78. The van der Waals surface area contributed by atoms with E-state index in [1.54, 1.807) is 30.3 Å². The normalized spacial score (nSPS) is 15.2. The summed E-state index contributed by atoms with van der Waals surface area (Å²) in [5.74, 6) is -0.262. The van der Waals surface area contributed by atoms with Crippen molar-refractivity contribution < 1.29 is 14.4 Å². The number of urea groups is 1. The zero-order chi connectivity index (χ0) is 14.5. The van der Waals surface area contributed by atoms with Crippen LogP contribution in [0.3, 0.4) is 0 Å². The molecular weight excluding hydrogens is 258 g/mol. The van der Waals surface area contributed by atoms with Crippen molar-refractivity contribution in [2.45, 2.75) is 6.92 Å². The number of hydrogen-bond acceptors (Lipinski definition) is 4. The maximum absolute atomic E-state index is 11.6. The molecule has 0 saturated carbocycles. The number of oxime groups is 1. The molecule has 0 aliphatic carbocycles. The Balaban J connectivity index is 2.14. The zero-order valence-corrected chi connectivity index (χ0v) is 11.1. The Kier molecular flexibility index (Phi) is 4.14. The Hall–Kier alpha value is -2.63. The van der Waals surface area contributed by atoms with E-state index in [-0.39, 0.29) is 12.5 Å². The summed E-state index contributed by atoms with van der Waals surface area (Å²) < 4.78 is 0. The van der Waals surface area contributed by atoms with Crippen molar-refractivity contribution >= 4 is 23.3 Å². The van der Waals surface area contributed by atoms with E-state index >= 15 is 0 Å². The van der Waals surface area contributed by atoms with E-state index in [1.807, 2.05) is 6.92 Å². The Morgan fingerprint density at radius 1 is 1.45 bits per heavy atom. The molecule has 0 aromatic heterocycles. The van der Waals surface area contributed by atoms with Crippen LogP contribution in [0.25, 0.3) is 0 Å². The van der Waals surface area contributed by atoms with Crippen LogP contribution in [0.5, 0.6) is 0 Å². The van der Waals surface area contributed by atoms with Crippen LogP contribution in [0.4, 0.5) is 10.5 Å². The predicted molar refractivity (Wildman–Crippen MR) is 75.7 cm³/mol. The van der Waals surface area contributed by atoms with Gasteiger partial charge in [0.25, 0.3) is 5.91 Å². The highest BCUT2D eigenvalue weighted by atomic mass is 16.6. The molecule has 3 amide bonds. The minimum absolute atomic E-state index is 0.0382. The molecular formula is C14H15N3O3. The second-order valence-electron chi connectivity index (χ2n) is 4.20. The van der Waals surface area contributed by atoms with Crippen molar-refractivity contribution in [3.63, 3.8) is 0 Å². The molecule has 1 aromatic carbocycles. The Bertz CT molecular complexity index is 548. The molecule has 0 bridgehead atoms. The third-order valence-corrected chi connectivity index (χ3v) is 2.78. The minimum atomic E-state index is -0.401. The maximum atomic E-state index is 11.6. The number of carbonyl (C=O) groups excluding carboxylic acids is 2. The van der Waals surface area contributed by atoms with Gasteiger partial charge in [0, 0.05) is 0 Å². The lowest BCUT2D eigenvalue weighted by atomic mass is 10.1. The number of imide groups is 1. The average Bonchev–Trinajstić information content (AvgIpc) is 2.78. The third kappa shape index (κ3) is 2.85. The Morgan fingerprint density at radius 3 is 2.70 bits per heavy atom. The molecule has 0 radical (unpaired) electrons. The van der Waals surface area contributed by atoms with Crippen LogP contribution in [0.15, 0.2) is 42.1 Å². The van der Waals surface area contributed by atoms with Gasteiger partial charge in [-0.15, -0.1) is 0 Å². The lowest BCUT2D eigenvalue weighted by Crippen LogP contribution is -2.30. The number of nitrogens with one attached hydrogen (secondary N) is 1. The highest BCUT2D eigenvalue weighted by molar-refractivity contribution is 6.19. The molecule has 1 heterocycles. The summed E-state index contributed by atoms with van der Waals surface area (Å²) in [7, 11) is 0. The van der Waals surface area contributed by atoms with Gasteiger partial charge in [-0.05, 0) is 24.6 Å². The molecule has 20 heavy (non-hydrogen) atoms. The van der Waals surface area contributed by atoms with Gasteiger partial charge in [-0.2, -0.15) is 0 Å². The van der Waals surface area contributed by atoms with Gasteiger partial charge in [0.2, 0.25) is 0 Å². The second-order valence-corrected chi connectivity index (χ2v) is 4.20. The van der Waals surface area contributed by atoms with Gasteiger partial charge in [0.15, 0.2) is 0 Å². The molecule has 2 rings (SSSR count). The number of rotatable bonds is 5. The highest BCUT2D eigenvalue weighted by Gasteiger charge is 2.29. The first-order chi connectivity index (χ1) is 9.63. The molecule has 0 atom stereocenters. The summed E-state index contributed by atoms with van der Waals surface area (Å²) in [5.41, 5.74) is 2.09. The van der Waals surface area contributed by atoms with E-state index in [0.717, 1.165) is 10.5 Å². The fourth-order valence-corrected chi connectivity index (χ4v) is 1.78. The second kappa shape index (κ2) is 6.01. The first-order valence-electron chi connectivity index (χ1n) is 6.12. The van der Waals surface area contributed by atoms with E-state index in [4.69, 9.17) is 4.84 Å². The van der Waals surface area contributed by atoms with Crippen molar-refractivity contribution in [3.8, 4) is 0 Å². The van der Waals surface area contributed by atoms with E-state index < -0.39 is 6.03 Å². The first kappa shape index (κ1) is 13.8. The molecule has 1 N–H and O–H groups in total. The summed E-state index contributed by atoms with van der Waals surface area (Å²) >= 11 is 0. The monoisotopic (exact) mass is 273 g/mol. The van der Waals surface area contributed by atoms with Gasteiger partial charge >= 0.3 is 6.03 Å². The molecule has 1 aromatic rings. The van der Waals surface area contributed by atoms with Gasteiger partial charge < -0.3 is 10.2 Å². The summed E-state index contributed by atoms with van der Waals surface area (Å²) in [5, 5.41) is 6.40. The number of amides is 3. The standard InChI is InChI=1S/C14H15N3O3/c1-3-8-20-16-10(2)11-4-6-12(7-5-11)17-13(18)9-15-14(17)19/h3-7H,1,8-9H2,2H3,(H,15,19)/b16-10-. The third-order valence-electron chi connectivity index (χ3n) is 2.78. The van der Waals surface area contributed by atoms with Crippen molar-refractivity contribution in [2.24, 2.45) is 5.16 Å². The Labute approximate surface area is 116 Å². The maximum Gasteiger partial charge on any atom is 0.329 e. The smallest absolute Gasteiger partial charge is 0.329 e. The topological polar surface area (TPSA) is 71.0 Å². The lowest BCUT2D eigenvalue weighted by molar-refractivity contribution is -0.115. The number of carbonyl (C=O) groups is 2. The highest BCUT2D eigenvalue weighted by Crippen LogP contribution is 2.18. The minimum Gasteiger partial charge on any atom is -0.391 e. The molecule has 0 spiro atoms. The summed E-state index contributed by atoms with van der Waals surface area (Å²) in [6.45, 7) is 5.73. The van der Waals surface area contributed by atoms with Crippen LogP contribution in [0.2, 0.25) is 0 Å². The largest absolute Gasteiger partial charge is 0.391 e. The molecule has 6 nitrogen and oxygen atoms in total. The molecule has 0 unspecified atom stereocenters. The zero-order valence-electron chi connectivity index (χ0n) is 11.1. The fraction of sp³-hybridized carbons (Fsp3) is 0.214. The van der Waals surface area contributed by atoms with Gasteiger partial charge in [-0.3, -0.25) is 4.79 Å². The number of anilines is 1. The molecule has 104 valence electrons. The van der Waals surface area contributed by atoms with Crippen LogP contribution >= 0.6 is 0 Å². The predicted octanol–water partition coefficient (Wildman–Crippen LogP) is 1.67. The van der Waals surface area contributed by atoms with E-state index in [1.165, 1.54) is 0 Å². The van der Waals surface area contributed by atoms with Crippen LogP contribution in [0.1, 0.15) is 12.5 Å². The van der Waals surface area contributed by atoms with Crippen LogP contribution in [-0.4, -0.2) is 30.8 Å². The summed E-state index contributed by atoms with van der Waals surface area (Å²) in [6, 6.07) is 6.56. The summed E-state index contributed by atoms with van der Waals surface area (Å²) in [6.07, 6.45) is 1.61. The molecule has 1 aliphatic heterocycles. The van der Waals surface area contributed by atoms with Crippen LogP contribution in [0, 0.1) is 0 Å². The van der Waals surface area contributed by atoms with Gasteiger partial charge in [-0.1, -0.05) is 29.9 Å². The van der Waals surface area contributed by atoms with Gasteiger partial charge in [-0.25, -0.2) is 9.69 Å².